The predicted octanol–water partition coefficient (Wildman–Crippen LogP) is 2.58. The van der Waals surface area contributed by atoms with Crippen molar-refractivity contribution < 1.29 is 5.11 Å². The van der Waals surface area contributed by atoms with Crippen molar-refractivity contribution in [3.8, 4) is 0 Å². The number of hydrogen-bond acceptors (Lipinski definition) is 1. The van der Waals surface area contributed by atoms with Crippen LogP contribution in [-0.4, -0.2) is 10.7 Å². The van der Waals surface area contributed by atoms with Gasteiger partial charge in [-0.3, -0.25) is 0 Å². The van der Waals surface area contributed by atoms with Crippen LogP contribution in [0.25, 0.3) is 0 Å². The van der Waals surface area contributed by atoms with Crippen molar-refractivity contribution in [2.24, 2.45) is 16.7 Å². The summed E-state index contributed by atoms with van der Waals surface area (Å²) in [6.07, 6.45) is 3.76. The number of hydrogen-bond donors (Lipinski definition) is 1. The summed E-state index contributed by atoms with van der Waals surface area (Å²) in [7, 11) is 0. The van der Waals surface area contributed by atoms with E-state index in [1.807, 2.05) is 6.92 Å². The van der Waals surface area contributed by atoms with Crippen LogP contribution < -0.4 is 0 Å². The Labute approximate surface area is 75.2 Å². The molecule has 0 aromatic carbocycles. The van der Waals surface area contributed by atoms with Gasteiger partial charge in [0.25, 0.3) is 0 Å². The van der Waals surface area contributed by atoms with Crippen molar-refractivity contribution in [3.63, 3.8) is 0 Å². The fourth-order valence-corrected chi connectivity index (χ4v) is 3.47. The monoisotopic (exact) mass is 168 g/mol. The summed E-state index contributed by atoms with van der Waals surface area (Å²) in [5.74, 6) is 0.748. The van der Waals surface area contributed by atoms with Gasteiger partial charge in [-0.2, -0.15) is 0 Å². The fourth-order valence-electron chi connectivity index (χ4n) is 3.47. The van der Waals surface area contributed by atoms with E-state index in [0.29, 0.717) is 0 Å². The van der Waals surface area contributed by atoms with Gasteiger partial charge in [-0.1, -0.05) is 20.8 Å². The van der Waals surface area contributed by atoms with Gasteiger partial charge in [0, 0.05) is 0 Å². The van der Waals surface area contributed by atoms with Crippen molar-refractivity contribution in [1.82, 2.24) is 0 Å². The maximum Gasteiger partial charge on any atom is 0.0726 e. The van der Waals surface area contributed by atoms with Crippen molar-refractivity contribution in [3.05, 3.63) is 0 Å². The molecule has 70 valence electrons. The summed E-state index contributed by atoms with van der Waals surface area (Å²) in [6, 6.07) is 0. The van der Waals surface area contributed by atoms with Gasteiger partial charge in [0.15, 0.2) is 0 Å². The Morgan fingerprint density at radius 1 is 1.17 bits per heavy atom. The Morgan fingerprint density at radius 2 is 1.75 bits per heavy atom. The molecule has 0 heterocycles. The van der Waals surface area contributed by atoms with Gasteiger partial charge in [0.05, 0.1) is 5.60 Å². The van der Waals surface area contributed by atoms with E-state index in [-0.39, 0.29) is 10.8 Å². The maximum absolute atomic E-state index is 10.5. The topological polar surface area (TPSA) is 20.2 Å². The molecule has 0 saturated heterocycles. The quantitative estimate of drug-likeness (QED) is 0.589. The molecule has 2 bridgehead atoms. The second kappa shape index (κ2) is 1.89. The van der Waals surface area contributed by atoms with Crippen LogP contribution in [0.15, 0.2) is 0 Å². The molecule has 2 fully saturated rings. The summed E-state index contributed by atoms with van der Waals surface area (Å²) < 4.78 is 0. The largest absolute Gasteiger partial charge is 0.389 e. The molecule has 0 spiro atoms. The smallest absolute Gasteiger partial charge is 0.0726 e. The van der Waals surface area contributed by atoms with E-state index in [4.69, 9.17) is 0 Å². The lowest BCUT2D eigenvalue weighted by Crippen LogP contribution is -2.51. The van der Waals surface area contributed by atoms with Crippen LogP contribution in [0.4, 0.5) is 0 Å². The summed E-state index contributed by atoms with van der Waals surface area (Å²) in [5.41, 5.74) is -0.135. The van der Waals surface area contributed by atoms with Crippen molar-refractivity contribution >= 4 is 0 Å². The molecular formula is C11H20O. The van der Waals surface area contributed by atoms with E-state index < -0.39 is 5.60 Å². The minimum Gasteiger partial charge on any atom is -0.389 e. The third-order valence-electron chi connectivity index (χ3n) is 5.19. The molecule has 2 aliphatic rings. The van der Waals surface area contributed by atoms with Gasteiger partial charge in [-0.25, -0.2) is 0 Å². The third kappa shape index (κ3) is 0.654. The summed E-state index contributed by atoms with van der Waals surface area (Å²) >= 11 is 0. The van der Waals surface area contributed by atoms with Gasteiger partial charge in [0.2, 0.25) is 0 Å². The van der Waals surface area contributed by atoms with Gasteiger partial charge < -0.3 is 5.11 Å². The molecule has 2 saturated carbocycles. The average Bonchev–Trinajstić information content (AvgIpc) is 2.36. The van der Waals surface area contributed by atoms with E-state index in [2.05, 4.69) is 20.8 Å². The predicted molar refractivity (Wildman–Crippen MR) is 49.9 cm³/mol. The first-order chi connectivity index (χ1) is 5.31. The van der Waals surface area contributed by atoms with Crippen molar-refractivity contribution in [2.45, 2.75) is 52.6 Å². The first kappa shape index (κ1) is 8.55. The molecule has 0 aromatic heterocycles. The molecule has 0 amide bonds. The molecule has 2 rings (SSSR count). The van der Waals surface area contributed by atoms with Crippen LogP contribution in [0.1, 0.15) is 47.0 Å². The van der Waals surface area contributed by atoms with E-state index >= 15 is 0 Å². The minimum atomic E-state index is -0.455. The summed E-state index contributed by atoms with van der Waals surface area (Å²) in [6.45, 7) is 8.73. The number of rotatable bonds is 0. The average molecular weight is 168 g/mol. The molecule has 1 nitrogen and oxygen atoms in total. The summed E-state index contributed by atoms with van der Waals surface area (Å²) in [5, 5.41) is 10.5. The fraction of sp³-hybridized carbons (Fsp3) is 1.00. The van der Waals surface area contributed by atoms with Crippen LogP contribution in [0.5, 0.6) is 0 Å². The van der Waals surface area contributed by atoms with Crippen LogP contribution >= 0.6 is 0 Å². The molecule has 0 unspecified atom stereocenters. The highest BCUT2D eigenvalue weighted by Crippen LogP contribution is 2.67. The Hall–Kier alpha value is -0.0400. The Morgan fingerprint density at radius 3 is 2.00 bits per heavy atom. The number of aliphatic hydroxyl groups is 1. The first-order valence-electron chi connectivity index (χ1n) is 5.04. The second-order valence-corrected chi connectivity index (χ2v) is 5.79. The van der Waals surface area contributed by atoms with Gasteiger partial charge in [0.1, 0.15) is 0 Å². The Bertz CT molecular complexity index is 210. The maximum atomic E-state index is 10.5. The van der Waals surface area contributed by atoms with Gasteiger partial charge in [-0.15, -0.1) is 0 Å². The molecule has 1 heteroatoms. The van der Waals surface area contributed by atoms with Crippen LogP contribution in [-0.2, 0) is 0 Å². The second-order valence-electron chi connectivity index (χ2n) is 5.79. The molecule has 3 atom stereocenters. The molecule has 12 heavy (non-hydrogen) atoms. The summed E-state index contributed by atoms with van der Waals surface area (Å²) in [4.78, 5) is 0. The highest BCUT2D eigenvalue weighted by molar-refractivity contribution is 5.15. The normalized spacial score (nSPS) is 56.2. The zero-order chi connectivity index (χ0) is 9.20. The Balaban J connectivity index is 2.46. The third-order valence-corrected chi connectivity index (χ3v) is 5.19. The minimum absolute atomic E-state index is 0.125. The van der Waals surface area contributed by atoms with Gasteiger partial charge in [-0.05, 0) is 42.9 Å². The van der Waals surface area contributed by atoms with E-state index in [0.717, 1.165) is 5.92 Å². The molecule has 1 N–H and O–H groups in total. The van der Waals surface area contributed by atoms with E-state index in [9.17, 15) is 5.11 Å². The SMILES string of the molecule is CC1(C)[C@@H]2CC[C@@](C)(C2)[C@]1(C)O. The lowest BCUT2D eigenvalue weighted by atomic mass is 9.61. The van der Waals surface area contributed by atoms with Crippen LogP contribution in [0, 0.1) is 16.7 Å². The van der Waals surface area contributed by atoms with Crippen LogP contribution in [0.2, 0.25) is 0 Å². The van der Waals surface area contributed by atoms with E-state index in [1.165, 1.54) is 19.3 Å². The standard InChI is InChI=1S/C11H20O/c1-9(2)8-5-6-10(3,7-8)11(9,4)12/h8,12H,5-7H2,1-4H3/t8-,10+,11-/m1/s1. The highest BCUT2D eigenvalue weighted by atomic mass is 16.3. The lowest BCUT2D eigenvalue weighted by Gasteiger charge is -2.48. The van der Waals surface area contributed by atoms with Crippen molar-refractivity contribution in [2.75, 3.05) is 0 Å². The molecule has 0 aliphatic heterocycles. The zero-order valence-electron chi connectivity index (χ0n) is 8.65. The molecule has 2 aliphatic carbocycles. The first-order valence-corrected chi connectivity index (χ1v) is 5.04. The van der Waals surface area contributed by atoms with E-state index in [1.54, 1.807) is 0 Å². The highest BCUT2D eigenvalue weighted by Gasteiger charge is 2.65. The molecule has 0 radical (unpaired) electrons. The van der Waals surface area contributed by atoms with Gasteiger partial charge >= 0.3 is 0 Å². The lowest BCUT2D eigenvalue weighted by molar-refractivity contribution is -0.128. The molecule has 0 aromatic rings. The Kier molecular flexibility index (Phi) is 1.35. The zero-order valence-corrected chi connectivity index (χ0v) is 8.65. The van der Waals surface area contributed by atoms with Crippen LogP contribution in [0.3, 0.4) is 0 Å². The number of fused-ring (bicyclic) bond motifs is 2. The molecular weight excluding hydrogens is 148 g/mol. The van der Waals surface area contributed by atoms with Crippen molar-refractivity contribution in [1.29, 1.82) is 0 Å².